The van der Waals surface area contributed by atoms with Crippen molar-refractivity contribution < 1.29 is 14.3 Å². The van der Waals surface area contributed by atoms with E-state index in [2.05, 4.69) is 12.2 Å². The van der Waals surface area contributed by atoms with Crippen molar-refractivity contribution in [1.29, 1.82) is 0 Å². The zero-order valence-electron chi connectivity index (χ0n) is 12.8. The molecule has 0 atom stereocenters. The number of benzene rings is 1. The summed E-state index contributed by atoms with van der Waals surface area (Å²) in [5.41, 5.74) is 1.26. The first-order valence-electron chi connectivity index (χ1n) is 7.84. The van der Waals surface area contributed by atoms with Crippen molar-refractivity contribution in [3.63, 3.8) is 0 Å². The summed E-state index contributed by atoms with van der Waals surface area (Å²) in [4.78, 5) is 11.6. The van der Waals surface area contributed by atoms with Crippen LogP contribution < -0.4 is 10.1 Å². The second kappa shape index (κ2) is 8.67. The fourth-order valence-corrected chi connectivity index (χ4v) is 1.96. The summed E-state index contributed by atoms with van der Waals surface area (Å²) in [5.74, 6) is 1.44. The number of carbonyl (C=O) groups excluding carboxylic acids is 1. The standard InChI is InChI=1S/C17H25NO3/c1-2-14-6-8-16(9-7-14)21-13-17(19)18-10-3-11-20-12-15-4-5-15/h6-9,15H,2-5,10-13H2,1H3,(H,18,19). The number of amides is 1. The van der Waals surface area contributed by atoms with Crippen molar-refractivity contribution in [3.05, 3.63) is 29.8 Å². The zero-order valence-corrected chi connectivity index (χ0v) is 12.8. The van der Waals surface area contributed by atoms with Crippen LogP contribution in [-0.2, 0) is 16.0 Å². The first-order chi connectivity index (χ1) is 10.3. The molecule has 0 radical (unpaired) electrons. The van der Waals surface area contributed by atoms with E-state index in [-0.39, 0.29) is 12.5 Å². The lowest BCUT2D eigenvalue weighted by atomic mass is 10.2. The smallest absolute Gasteiger partial charge is 0.257 e. The van der Waals surface area contributed by atoms with Gasteiger partial charge in [0.2, 0.25) is 0 Å². The van der Waals surface area contributed by atoms with E-state index in [1.807, 2.05) is 24.3 Å². The first-order valence-corrected chi connectivity index (χ1v) is 7.84. The van der Waals surface area contributed by atoms with Crippen molar-refractivity contribution in [2.45, 2.75) is 32.6 Å². The highest BCUT2D eigenvalue weighted by atomic mass is 16.5. The van der Waals surface area contributed by atoms with Crippen LogP contribution in [0.4, 0.5) is 0 Å². The number of rotatable bonds is 10. The van der Waals surface area contributed by atoms with E-state index in [4.69, 9.17) is 9.47 Å². The lowest BCUT2D eigenvalue weighted by Crippen LogP contribution is -2.30. The predicted molar refractivity (Wildman–Crippen MR) is 82.5 cm³/mol. The van der Waals surface area contributed by atoms with Crippen molar-refractivity contribution in [2.75, 3.05) is 26.4 Å². The third-order valence-corrected chi connectivity index (χ3v) is 3.54. The van der Waals surface area contributed by atoms with Gasteiger partial charge in [0.25, 0.3) is 5.91 Å². The number of aryl methyl sites for hydroxylation is 1. The van der Waals surface area contributed by atoms with Gasteiger partial charge in [-0.25, -0.2) is 0 Å². The molecule has 0 unspecified atom stereocenters. The van der Waals surface area contributed by atoms with Crippen LogP contribution in [0.1, 0.15) is 31.7 Å². The SMILES string of the molecule is CCc1ccc(OCC(=O)NCCCOCC2CC2)cc1. The monoisotopic (exact) mass is 291 g/mol. The average molecular weight is 291 g/mol. The van der Waals surface area contributed by atoms with Gasteiger partial charge in [0, 0.05) is 19.8 Å². The molecule has 1 aliphatic carbocycles. The largest absolute Gasteiger partial charge is 0.484 e. The number of nitrogens with one attached hydrogen (secondary N) is 1. The third kappa shape index (κ3) is 6.63. The quantitative estimate of drug-likeness (QED) is 0.674. The summed E-state index contributed by atoms with van der Waals surface area (Å²) < 4.78 is 10.9. The van der Waals surface area contributed by atoms with Crippen LogP contribution in [0, 0.1) is 5.92 Å². The van der Waals surface area contributed by atoms with Gasteiger partial charge in [0.05, 0.1) is 0 Å². The van der Waals surface area contributed by atoms with E-state index in [9.17, 15) is 4.79 Å². The molecule has 116 valence electrons. The minimum atomic E-state index is -0.0863. The highest BCUT2D eigenvalue weighted by Gasteiger charge is 2.20. The Morgan fingerprint density at radius 2 is 2.05 bits per heavy atom. The summed E-state index contributed by atoms with van der Waals surface area (Å²) in [6.07, 6.45) is 4.48. The molecule has 2 rings (SSSR count). The molecule has 1 N–H and O–H groups in total. The minimum Gasteiger partial charge on any atom is -0.484 e. The highest BCUT2D eigenvalue weighted by molar-refractivity contribution is 5.77. The van der Waals surface area contributed by atoms with Gasteiger partial charge in [-0.3, -0.25) is 4.79 Å². The van der Waals surface area contributed by atoms with Crippen molar-refractivity contribution in [3.8, 4) is 5.75 Å². The fourth-order valence-electron chi connectivity index (χ4n) is 1.96. The zero-order chi connectivity index (χ0) is 14.9. The Balaban J connectivity index is 1.49. The molecular formula is C17H25NO3. The molecule has 1 aromatic carbocycles. The van der Waals surface area contributed by atoms with Gasteiger partial charge in [-0.05, 0) is 49.3 Å². The normalized spacial score (nSPS) is 14.0. The first kappa shape index (κ1) is 15.8. The predicted octanol–water partition coefficient (Wildman–Crippen LogP) is 2.56. The van der Waals surface area contributed by atoms with Crippen LogP contribution in [0.2, 0.25) is 0 Å². The van der Waals surface area contributed by atoms with Gasteiger partial charge in [0.1, 0.15) is 5.75 Å². The molecule has 0 bridgehead atoms. The topological polar surface area (TPSA) is 47.6 Å². The average Bonchev–Trinajstić information content (AvgIpc) is 3.33. The Morgan fingerprint density at radius 3 is 2.71 bits per heavy atom. The van der Waals surface area contributed by atoms with Gasteiger partial charge in [-0.1, -0.05) is 19.1 Å². The van der Waals surface area contributed by atoms with Crippen LogP contribution in [0.15, 0.2) is 24.3 Å². The van der Waals surface area contributed by atoms with E-state index in [0.29, 0.717) is 6.54 Å². The summed E-state index contributed by atoms with van der Waals surface area (Å²) in [5, 5.41) is 2.84. The van der Waals surface area contributed by atoms with Gasteiger partial charge in [0.15, 0.2) is 6.61 Å². The molecular weight excluding hydrogens is 266 g/mol. The molecule has 1 aromatic rings. The van der Waals surface area contributed by atoms with Crippen molar-refractivity contribution >= 4 is 5.91 Å². The molecule has 1 saturated carbocycles. The molecule has 1 fully saturated rings. The maximum atomic E-state index is 11.6. The van der Waals surface area contributed by atoms with E-state index in [1.54, 1.807) is 0 Å². The highest BCUT2D eigenvalue weighted by Crippen LogP contribution is 2.28. The Labute approximate surface area is 126 Å². The summed E-state index contributed by atoms with van der Waals surface area (Å²) in [6.45, 7) is 4.41. The molecule has 0 aliphatic heterocycles. The molecule has 0 saturated heterocycles. The Bertz CT molecular complexity index is 426. The molecule has 0 aromatic heterocycles. The molecule has 1 aliphatic rings. The number of hydrogen-bond donors (Lipinski definition) is 1. The molecule has 0 heterocycles. The van der Waals surface area contributed by atoms with Crippen LogP contribution in [0.25, 0.3) is 0 Å². The Morgan fingerprint density at radius 1 is 1.29 bits per heavy atom. The second-order valence-corrected chi connectivity index (χ2v) is 5.51. The van der Waals surface area contributed by atoms with Crippen molar-refractivity contribution in [1.82, 2.24) is 5.32 Å². The summed E-state index contributed by atoms with van der Waals surface area (Å²) in [7, 11) is 0. The molecule has 4 nitrogen and oxygen atoms in total. The summed E-state index contributed by atoms with van der Waals surface area (Å²) in [6, 6.07) is 7.84. The molecule has 1 amide bonds. The van der Waals surface area contributed by atoms with Crippen LogP contribution in [0.5, 0.6) is 5.75 Å². The van der Waals surface area contributed by atoms with Gasteiger partial charge >= 0.3 is 0 Å². The number of carbonyl (C=O) groups is 1. The second-order valence-electron chi connectivity index (χ2n) is 5.51. The summed E-state index contributed by atoms with van der Waals surface area (Å²) >= 11 is 0. The van der Waals surface area contributed by atoms with Gasteiger partial charge in [-0.2, -0.15) is 0 Å². The van der Waals surface area contributed by atoms with Crippen LogP contribution in [0.3, 0.4) is 0 Å². The molecule has 4 heteroatoms. The van der Waals surface area contributed by atoms with Crippen LogP contribution >= 0.6 is 0 Å². The number of ether oxygens (including phenoxy) is 2. The van der Waals surface area contributed by atoms with E-state index >= 15 is 0 Å². The van der Waals surface area contributed by atoms with Gasteiger partial charge < -0.3 is 14.8 Å². The van der Waals surface area contributed by atoms with Crippen molar-refractivity contribution in [2.24, 2.45) is 5.92 Å². The van der Waals surface area contributed by atoms with Gasteiger partial charge in [-0.15, -0.1) is 0 Å². The maximum absolute atomic E-state index is 11.6. The van der Waals surface area contributed by atoms with E-state index < -0.39 is 0 Å². The minimum absolute atomic E-state index is 0.0639. The molecule has 21 heavy (non-hydrogen) atoms. The number of hydrogen-bond acceptors (Lipinski definition) is 3. The molecule has 0 spiro atoms. The van der Waals surface area contributed by atoms with Crippen LogP contribution in [-0.4, -0.2) is 32.3 Å². The van der Waals surface area contributed by atoms with E-state index in [0.717, 1.165) is 37.7 Å². The van der Waals surface area contributed by atoms with E-state index in [1.165, 1.54) is 18.4 Å². The lowest BCUT2D eigenvalue weighted by molar-refractivity contribution is -0.123. The third-order valence-electron chi connectivity index (χ3n) is 3.54. The Kier molecular flexibility index (Phi) is 6.54. The fraction of sp³-hybridized carbons (Fsp3) is 0.588. The lowest BCUT2D eigenvalue weighted by Gasteiger charge is -2.08. The maximum Gasteiger partial charge on any atom is 0.257 e. The Hall–Kier alpha value is -1.55.